The molecule has 4 rings (SSSR count). The van der Waals surface area contributed by atoms with Gasteiger partial charge in [0.1, 0.15) is 6.54 Å². The standard InChI is InChI=1S/C26H29N5O3/c1-19(2)13-14-29-18-28-24-23(29)25(33)31(17-22(32)27-15-20-9-5-3-6-10-20)26(34)30(24)16-21-11-7-4-8-12-21/h3-12,18-19H,13-17H2,1-2H3,(H,27,32). The van der Waals surface area contributed by atoms with Gasteiger partial charge in [0.05, 0.1) is 12.9 Å². The number of carbonyl (C=O) groups is 1. The van der Waals surface area contributed by atoms with Crippen LogP contribution in [-0.4, -0.2) is 24.6 Å². The van der Waals surface area contributed by atoms with Gasteiger partial charge < -0.3 is 9.88 Å². The van der Waals surface area contributed by atoms with Gasteiger partial charge in [-0.2, -0.15) is 0 Å². The normalized spacial score (nSPS) is 11.3. The van der Waals surface area contributed by atoms with Gasteiger partial charge in [-0.05, 0) is 23.5 Å². The first-order chi connectivity index (χ1) is 16.4. The molecular weight excluding hydrogens is 430 g/mol. The number of benzene rings is 2. The second kappa shape index (κ2) is 10.3. The van der Waals surface area contributed by atoms with Gasteiger partial charge >= 0.3 is 5.69 Å². The van der Waals surface area contributed by atoms with Crippen LogP contribution in [0.4, 0.5) is 0 Å². The van der Waals surface area contributed by atoms with E-state index < -0.39 is 17.2 Å². The Morgan fingerprint density at radius 3 is 2.24 bits per heavy atom. The van der Waals surface area contributed by atoms with Crippen LogP contribution in [0.25, 0.3) is 11.2 Å². The van der Waals surface area contributed by atoms with Crippen LogP contribution in [0, 0.1) is 5.92 Å². The van der Waals surface area contributed by atoms with Crippen LogP contribution in [0.15, 0.2) is 76.6 Å². The maximum Gasteiger partial charge on any atom is 0.333 e. The molecule has 0 atom stereocenters. The molecule has 2 heterocycles. The van der Waals surface area contributed by atoms with E-state index in [2.05, 4.69) is 24.1 Å². The van der Waals surface area contributed by atoms with Crippen molar-refractivity contribution < 1.29 is 4.79 Å². The molecule has 2 aromatic heterocycles. The third-order valence-electron chi connectivity index (χ3n) is 5.75. The van der Waals surface area contributed by atoms with Crippen LogP contribution in [0.5, 0.6) is 0 Å². The number of hydrogen-bond acceptors (Lipinski definition) is 4. The van der Waals surface area contributed by atoms with Gasteiger partial charge in [0.2, 0.25) is 5.91 Å². The second-order valence-corrected chi connectivity index (χ2v) is 8.80. The lowest BCUT2D eigenvalue weighted by molar-refractivity contribution is -0.121. The Hall–Kier alpha value is -3.94. The van der Waals surface area contributed by atoms with Crippen molar-refractivity contribution in [3.8, 4) is 0 Å². The summed E-state index contributed by atoms with van der Waals surface area (Å²) in [7, 11) is 0. The summed E-state index contributed by atoms with van der Waals surface area (Å²) >= 11 is 0. The number of amides is 1. The first kappa shape index (κ1) is 23.2. The smallest absolute Gasteiger partial charge is 0.333 e. The molecule has 0 fully saturated rings. The molecule has 0 saturated heterocycles. The van der Waals surface area contributed by atoms with E-state index in [0.717, 1.165) is 22.1 Å². The van der Waals surface area contributed by atoms with Crippen molar-refractivity contribution in [2.75, 3.05) is 0 Å². The number of aromatic nitrogens is 4. The molecule has 0 aliphatic heterocycles. The molecule has 0 aliphatic carbocycles. The number of aryl methyl sites for hydroxylation is 1. The van der Waals surface area contributed by atoms with E-state index in [1.165, 1.54) is 4.57 Å². The van der Waals surface area contributed by atoms with E-state index in [1.807, 2.05) is 60.7 Å². The highest BCUT2D eigenvalue weighted by Crippen LogP contribution is 2.12. The summed E-state index contributed by atoms with van der Waals surface area (Å²) in [4.78, 5) is 43.9. The monoisotopic (exact) mass is 459 g/mol. The predicted octanol–water partition coefficient (Wildman–Crippen LogP) is 2.77. The molecule has 8 nitrogen and oxygen atoms in total. The summed E-state index contributed by atoms with van der Waals surface area (Å²) in [6.07, 6.45) is 2.47. The zero-order chi connectivity index (χ0) is 24.1. The Morgan fingerprint density at radius 2 is 1.59 bits per heavy atom. The fourth-order valence-electron chi connectivity index (χ4n) is 3.85. The fraction of sp³-hybridized carbons (Fsp3) is 0.308. The molecule has 0 aliphatic rings. The molecule has 4 aromatic rings. The lowest BCUT2D eigenvalue weighted by Gasteiger charge is -2.13. The summed E-state index contributed by atoms with van der Waals surface area (Å²) in [5.74, 6) is 0.0422. The lowest BCUT2D eigenvalue weighted by Crippen LogP contribution is -2.44. The lowest BCUT2D eigenvalue weighted by atomic mass is 10.1. The molecule has 34 heavy (non-hydrogen) atoms. The van der Waals surface area contributed by atoms with Crippen LogP contribution < -0.4 is 16.6 Å². The van der Waals surface area contributed by atoms with Gasteiger partial charge in [0.25, 0.3) is 5.56 Å². The molecule has 8 heteroatoms. The highest BCUT2D eigenvalue weighted by atomic mass is 16.2. The SMILES string of the molecule is CC(C)CCn1cnc2c1c(=O)n(CC(=O)NCc1ccccc1)c(=O)n2Cc1ccccc1. The molecule has 0 saturated carbocycles. The minimum atomic E-state index is -0.551. The Labute approximate surface area is 197 Å². The van der Waals surface area contributed by atoms with E-state index in [0.29, 0.717) is 30.2 Å². The Bertz CT molecular complexity index is 1390. The molecule has 0 radical (unpaired) electrons. The fourth-order valence-corrected chi connectivity index (χ4v) is 3.85. The average molecular weight is 460 g/mol. The number of hydrogen-bond donors (Lipinski definition) is 1. The molecule has 1 amide bonds. The Morgan fingerprint density at radius 1 is 0.941 bits per heavy atom. The van der Waals surface area contributed by atoms with E-state index >= 15 is 0 Å². The molecule has 0 unspecified atom stereocenters. The zero-order valence-corrected chi connectivity index (χ0v) is 19.5. The topological polar surface area (TPSA) is 90.9 Å². The van der Waals surface area contributed by atoms with Crippen molar-refractivity contribution >= 4 is 17.1 Å². The van der Waals surface area contributed by atoms with E-state index in [9.17, 15) is 14.4 Å². The third-order valence-corrected chi connectivity index (χ3v) is 5.75. The summed E-state index contributed by atoms with van der Waals surface area (Å²) in [6.45, 7) is 5.04. The van der Waals surface area contributed by atoms with Crippen molar-refractivity contribution in [3.05, 3.63) is 99.0 Å². The van der Waals surface area contributed by atoms with Crippen molar-refractivity contribution in [2.24, 2.45) is 5.92 Å². The number of fused-ring (bicyclic) bond motifs is 1. The number of rotatable bonds is 9. The van der Waals surface area contributed by atoms with Gasteiger partial charge in [-0.25, -0.2) is 14.3 Å². The van der Waals surface area contributed by atoms with Crippen molar-refractivity contribution in [2.45, 2.75) is 46.4 Å². The van der Waals surface area contributed by atoms with Gasteiger partial charge in [-0.1, -0.05) is 74.5 Å². The Balaban J connectivity index is 1.72. The number of carbonyl (C=O) groups excluding carboxylic acids is 1. The van der Waals surface area contributed by atoms with Crippen LogP contribution in [-0.2, 0) is 31.0 Å². The van der Waals surface area contributed by atoms with Gasteiger partial charge in [-0.15, -0.1) is 0 Å². The quantitative estimate of drug-likeness (QED) is 0.417. The first-order valence-electron chi connectivity index (χ1n) is 11.5. The van der Waals surface area contributed by atoms with Crippen LogP contribution in [0.1, 0.15) is 31.4 Å². The molecular formula is C26H29N5O3. The maximum absolute atomic E-state index is 13.4. The predicted molar refractivity (Wildman–Crippen MR) is 132 cm³/mol. The van der Waals surface area contributed by atoms with Crippen molar-refractivity contribution in [1.82, 2.24) is 24.0 Å². The number of nitrogens with one attached hydrogen (secondary N) is 1. The molecule has 1 N–H and O–H groups in total. The van der Waals surface area contributed by atoms with E-state index in [-0.39, 0.29) is 13.1 Å². The van der Waals surface area contributed by atoms with E-state index in [1.54, 1.807) is 10.9 Å². The number of imidazole rings is 1. The summed E-state index contributed by atoms with van der Waals surface area (Å²) in [6, 6.07) is 19.0. The highest BCUT2D eigenvalue weighted by molar-refractivity contribution is 5.76. The number of nitrogens with zero attached hydrogens (tertiary/aromatic N) is 4. The zero-order valence-electron chi connectivity index (χ0n) is 19.5. The van der Waals surface area contributed by atoms with Gasteiger partial charge in [-0.3, -0.25) is 14.2 Å². The average Bonchev–Trinajstić information content (AvgIpc) is 3.27. The Kier molecular flexibility index (Phi) is 7.06. The minimum Gasteiger partial charge on any atom is -0.350 e. The molecule has 0 spiro atoms. The van der Waals surface area contributed by atoms with Crippen LogP contribution in [0.2, 0.25) is 0 Å². The molecule has 0 bridgehead atoms. The van der Waals surface area contributed by atoms with Crippen molar-refractivity contribution in [1.29, 1.82) is 0 Å². The minimum absolute atomic E-state index is 0.253. The largest absolute Gasteiger partial charge is 0.350 e. The van der Waals surface area contributed by atoms with Gasteiger partial charge in [0.15, 0.2) is 11.2 Å². The molecule has 2 aromatic carbocycles. The summed E-state index contributed by atoms with van der Waals surface area (Å²) < 4.78 is 4.28. The highest BCUT2D eigenvalue weighted by Gasteiger charge is 2.20. The maximum atomic E-state index is 13.4. The third kappa shape index (κ3) is 5.17. The van der Waals surface area contributed by atoms with Crippen LogP contribution in [0.3, 0.4) is 0 Å². The summed E-state index contributed by atoms with van der Waals surface area (Å²) in [5.41, 5.74) is 1.47. The van der Waals surface area contributed by atoms with Gasteiger partial charge in [0, 0.05) is 13.1 Å². The molecule has 176 valence electrons. The second-order valence-electron chi connectivity index (χ2n) is 8.80. The first-order valence-corrected chi connectivity index (χ1v) is 11.5. The summed E-state index contributed by atoms with van der Waals surface area (Å²) in [5, 5.41) is 2.80. The van der Waals surface area contributed by atoms with E-state index in [4.69, 9.17) is 0 Å². The van der Waals surface area contributed by atoms with Crippen molar-refractivity contribution in [3.63, 3.8) is 0 Å². The van der Waals surface area contributed by atoms with Crippen LogP contribution >= 0.6 is 0 Å².